The Labute approximate surface area is 88.6 Å². The maximum Gasteiger partial charge on any atom is 0.00670 e. The van der Waals surface area contributed by atoms with Crippen molar-refractivity contribution in [1.29, 1.82) is 0 Å². The van der Waals surface area contributed by atoms with Crippen LogP contribution in [0.1, 0.15) is 52.4 Å². The van der Waals surface area contributed by atoms with Crippen LogP contribution in [0, 0.1) is 5.41 Å². The summed E-state index contributed by atoms with van der Waals surface area (Å²) in [6.45, 7) is 6.42. The Balaban J connectivity index is 2.08. The topological polar surface area (TPSA) is 38.0 Å². The third-order valence-electron chi connectivity index (χ3n) is 3.39. The van der Waals surface area contributed by atoms with E-state index in [1.807, 2.05) is 0 Å². The van der Waals surface area contributed by atoms with E-state index in [1.165, 1.54) is 38.5 Å². The standard InChI is InChI=1S/C12H26N2/c1-12(2,10-13)8-9-14-11-6-4-3-5-7-11/h11,14H,3-10,13H2,1-2H3. The number of nitrogens with one attached hydrogen (secondary N) is 1. The Morgan fingerprint density at radius 2 is 1.86 bits per heavy atom. The van der Waals surface area contributed by atoms with Gasteiger partial charge in [-0.25, -0.2) is 0 Å². The van der Waals surface area contributed by atoms with Gasteiger partial charge in [-0.15, -0.1) is 0 Å². The van der Waals surface area contributed by atoms with Gasteiger partial charge in [0, 0.05) is 6.04 Å². The molecular formula is C12H26N2. The Morgan fingerprint density at radius 1 is 1.21 bits per heavy atom. The lowest BCUT2D eigenvalue weighted by molar-refractivity contribution is 0.308. The van der Waals surface area contributed by atoms with Gasteiger partial charge < -0.3 is 11.1 Å². The molecule has 0 atom stereocenters. The molecule has 1 aliphatic carbocycles. The van der Waals surface area contributed by atoms with Crippen LogP contribution >= 0.6 is 0 Å². The second-order valence-corrected chi connectivity index (χ2v) is 5.41. The molecule has 1 fully saturated rings. The molecule has 0 aromatic rings. The molecule has 0 unspecified atom stereocenters. The summed E-state index contributed by atoms with van der Waals surface area (Å²) in [4.78, 5) is 0. The van der Waals surface area contributed by atoms with Gasteiger partial charge in [0.2, 0.25) is 0 Å². The summed E-state index contributed by atoms with van der Waals surface area (Å²) < 4.78 is 0. The van der Waals surface area contributed by atoms with Gasteiger partial charge in [-0.1, -0.05) is 33.1 Å². The van der Waals surface area contributed by atoms with Crippen LogP contribution in [0.4, 0.5) is 0 Å². The van der Waals surface area contributed by atoms with Crippen molar-refractivity contribution in [2.24, 2.45) is 11.1 Å². The maximum atomic E-state index is 5.70. The van der Waals surface area contributed by atoms with Gasteiger partial charge in [-0.3, -0.25) is 0 Å². The van der Waals surface area contributed by atoms with E-state index in [1.54, 1.807) is 0 Å². The summed E-state index contributed by atoms with van der Waals surface area (Å²) in [7, 11) is 0. The van der Waals surface area contributed by atoms with E-state index in [-0.39, 0.29) is 0 Å². The van der Waals surface area contributed by atoms with E-state index in [9.17, 15) is 0 Å². The lowest BCUT2D eigenvalue weighted by Gasteiger charge is -2.26. The zero-order chi connectivity index (χ0) is 10.4. The summed E-state index contributed by atoms with van der Waals surface area (Å²) in [5.74, 6) is 0. The summed E-state index contributed by atoms with van der Waals surface area (Å²) in [5, 5.41) is 3.66. The smallest absolute Gasteiger partial charge is 0.00670 e. The molecule has 0 heterocycles. The highest BCUT2D eigenvalue weighted by molar-refractivity contribution is 4.75. The molecule has 0 aliphatic heterocycles. The van der Waals surface area contributed by atoms with Crippen molar-refractivity contribution in [1.82, 2.24) is 5.32 Å². The zero-order valence-corrected chi connectivity index (χ0v) is 9.81. The molecule has 1 rings (SSSR count). The maximum absolute atomic E-state index is 5.70. The minimum Gasteiger partial charge on any atom is -0.330 e. The molecule has 1 aliphatic rings. The van der Waals surface area contributed by atoms with E-state index >= 15 is 0 Å². The molecule has 0 saturated heterocycles. The average Bonchev–Trinajstić information content (AvgIpc) is 2.19. The van der Waals surface area contributed by atoms with Crippen molar-refractivity contribution in [2.75, 3.05) is 13.1 Å². The normalized spacial score (nSPS) is 19.9. The fourth-order valence-electron chi connectivity index (χ4n) is 2.02. The molecule has 0 bridgehead atoms. The van der Waals surface area contributed by atoms with Crippen molar-refractivity contribution >= 4 is 0 Å². The minimum absolute atomic E-state index is 0.307. The van der Waals surface area contributed by atoms with Crippen molar-refractivity contribution < 1.29 is 0 Å². The molecule has 84 valence electrons. The summed E-state index contributed by atoms with van der Waals surface area (Å²) in [6, 6.07) is 0.789. The Kier molecular flexibility index (Phi) is 4.90. The van der Waals surface area contributed by atoms with Crippen LogP contribution in [-0.4, -0.2) is 19.1 Å². The fraction of sp³-hybridized carbons (Fsp3) is 1.00. The van der Waals surface area contributed by atoms with Crippen LogP contribution in [0.25, 0.3) is 0 Å². The van der Waals surface area contributed by atoms with Gasteiger partial charge in [0.15, 0.2) is 0 Å². The highest BCUT2D eigenvalue weighted by atomic mass is 14.9. The molecule has 0 aromatic heterocycles. The van der Waals surface area contributed by atoms with Crippen LogP contribution in [0.2, 0.25) is 0 Å². The lowest BCUT2D eigenvalue weighted by atomic mass is 9.89. The molecule has 0 amide bonds. The average molecular weight is 198 g/mol. The molecule has 0 spiro atoms. The first-order valence-electron chi connectivity index (χ1n) is 6.07. The van der Waals surface area contributed by atoms with Crippen molar-refractivity contribution in [2.45, 2.75) is 58.4 Å². The Hall–Kier alpha value is -0.0800. The van der Waals surface area contributed by atoms with Crippen molar-refractivity contribution in [3.8, 4) is 0 Å². The van der Waals surface area contributed by atoms with E-state index < -0.39 is 0 Å². The summed E-state index contributed by atoms with van der Waals surface area (Å²) >= 11 is 0. The Morgan fingerprint density at radius 3 is 2.43 bits per heavy atom. The predicted octanol–water partition coefficient (Wildman–Crippen LogP) is 2.28. The number of hydrogen-bond acceptors (Lipinski definition) is 2. The summed E-state index contributed by atoms with van der Waals surface area (Å²) in [6.07, 6.45) is 8.22. The SMILES string of the molecule is CC(C)(CN)CCNC1CCCCC1. The first-order chi connectivity index (χ1) is 6.64. The van der Waals surface area contributed by atoms with Crippen LogP contribution < -0.4 is 11.1 Å². The van der Waals surface area contributed by atoms with E-state index in [2.05, 4.69) is 19.2 Å². The molecule has 0 aromatic carbocycles. The second kappa shape index (κ2) is 5.72. The molecule has 1 saturated carbocycles. The van der Waals surface area contributed by atoms with E-state index in [0.29, 0.717) is 5.41 Å². The largest absolute Gasteiger partial charge is 0.330 e. The number of rotatable bonds is 5. The van der Waals surface area contributed by atoms with Crippen LogP contribution in [0.5, 0.6) is 0 Å². The first-order valence-corrected chi connectivity index (χ1v) is 6.07. The zero-order valence-electron chi connectivity index (χ0n) is 9.81. The van der Waals surface area contributed by atoms with Gasteiger partial charge in [0.1, 0.15) is 0 Å². The molecule has 2 nitrogen and oxygen atoms in total. The van der Waals surface area contributed by atoms with Gasteiger partial charge in [-0.2, -0.15) is 0 Å². The lowest BCUT2D eigenvalue weighted by Crippen LogP contribution is -2.35. The highest BCUT2D eigenvalue weighted by Gasteiger charge is 2.17. The van der Waals surface area contributed by atoms with Crippen LogP contribution in [0.15, 0.2) is 0 Å². The predicted molar refractivity (Wildman–Crippen MR) is 62.3 cm³/mol. The fourth-order valence-corrected chi connectivity index (χ4v) is 2.02. The molecule has 14 heavy (non-hydrogen) atoms. The molecule has 2 heteroatoms. The Bertz CT molecular complexity index is 148. The molecule has 0 radical (unpaired) electrons. The highest BCUT2D eigenvalue weighted by Crippen LogP contribution is 2.19. The first kappa shape index (κ1) is 12.0. The van der Waals surface area contributed by atoms with Crippen molar-refractivity contribution in [3.05, 3.63) is 0 Å². The quantitative estimate of drug-likeness (QED) is 0.711. The van der Waals surface area contributed by atoms with Gasteiger partial charge in [0.25, 0.3) is 0 Å². The van der Waals surface area contributed by atoms with Gasteiger partial charge in [-0.05, 0) is 37.8 Å². The van der Waals surface area contributed by atoms with Gasteiger partial charge >= 0.3 is 0 Å². The molecule has 3 N–H and O–H groups in total. The third-order valence-corrected chi connectivity index (χ3v) is 3.39. The van der Waals surface area contributed by atoms with Gasteiger partial charge in [0.05, 0.1) is 0 Å². The number of hydrogen-bond donors (Lipinski definition) is 2. The second-order valence-electron chi connectivity index (χ2n) is 5.41. The van der Waals surface area contributed by atoms with Crippen LogP contribution in [0.3, 0.4) is 0 Å². The van der Waals surface area contributed by atoms with Crippen molar-refractivity contribution in [3.63, 3.8) is 0 Å². The third kappa shape index (κ3) is 4.43. The number of nitrogens with two attached hydrogens (primary N) is 1. The molecular weight excluding hydrogens is 172 g/mol. The van der Waals surface area contributed by atoms with Crippen LogP contribution in [-0.2, 0) is 0 Å². The minimum atomic E-state index is 0.307. The summed E-state index contributed by atoms with van der Waals surface area (Å²) in [5.41, 5.74) is 6.00. The monoisotopic (exact) mass is 198 g/mol. The van der Waals surface area contributed by atoms with E-state index in [0.717, 1.165) is 19.1 Å². The van der Waals surface area contributed by atoms with E-state index in [4.69, 9.17) is 5.73 Å².